The first-order chi connectivity index (χ1) is 5.29. The fourth-order valence-electron chi connectivity index (χ4n) is 2.74. The summed E-state index contributed by atoms with van der Waals surface area (Å²) in [6.45, 7) is 0. The van der Waals surface area contributed by atoms with Gasteiger partial charge in [0.1, 0.15) is 0 Å². The van der Waals surface area contributed by atoms with Crippen LogP contribution in [0.15, 0.2) is 0 Å². The molecule has 1 N–H and O–H groups in total. The first kappa shape index (κ1) is 7.88. The zero-order valence-electron chi connectivity index (χ0n) is 6.72. The van der Waals surface area contributed by atoms with E-state index in [1.54, 1.807) is 0 Å². The van der Waals surface area contributed by atoms with Crippen LogP contribution in [0.1, 0.15) is 32.1 Å². The highest BCUT2D eigenvalue weighted by atomic mass is 35.5. The van der Waals surface area contributed by atoms with E-state index in [0.717, 1.165) is 6.42 Å². The van der Waals surface area contributed by atoms with Crippen LogP contribution in [-0.4, -0.2) is 16.6 Å². The van der Waals surface area contributed by atoms with Crippen molar-refractivity contribution < 1.29 is 5.11 Å². The van der Waals surface area contributed by atoms with E-state index < -0.39 is 0 Å². The largest absolute Gasteiger partial charge is 0.389 e. The Morgan fingerprint density at radius 2 is 1.82 bits per heavy atom. The van der Waals surface area contributed by atoms with Gasteiger partial charge in [0.2, 0.25) is 0 Å². The van der Waals surface area contributed by atoms with E-state index in [4.69, 9.17) is 11.6 Å². The van der Waals surface area contributed by atoms with Crippen LogP contribution in [0.4, 0.5) is 0 Å². The van der Waals surface area contributed by atoms with Gasteiger partial charge in [-0.15, -0.1) is 11.6 Å². The number of alkyl halides is 1. The Morgan fingerprint density at radius 3 is 2.27 bits per heavy atom. The maximum Gasteiger partial charge on any atom is 0.0722 e. The van der Waals surface area contributed by atoms with Gasteiger partial charge in [-0.3, -0.25) is 0 Å². The number of rotatable bonds is 2. The summed E-state index contributed by atoms with van der Waals surface area (Å²) in [5.41, 5.74) is -0.335. The molecule has 0 saturated heterocycles. The highest BCUT2D eigenvalue weighted by Gasteiger charge is 2.62. The Kier molecular flexibility index (Phi) is 1.89. The van der Waals surface area contributed by atoms with Crippen LogP contribution in [0, 0.1) is 11.8 Å². The van der Waals surface area contributed by atoms with Crippen LogP contribution in [0.2, 0.25) is 0 Å². The average molecular weight is 175 g/mol. The van der Waals surface area contributed by atoms with Gasteiger partial charge in [0.25, 0.3) is 0 Å². The van der Waals surface area contributed by atoms with Crippen molar-refractivity contribution in [3.05, 3.63) is 0 Å². The van der Waals surface area contributed by atoms with Crippen molar-refractivity contribution in [3.8, 4) is 0 Å². The molecule has 2 saturated carbocycles. The maximum absolute atomic E-state index is 10.0. The molecule has 2 rings (SSSR count). The highest BCUT2D eigenvalue weighted by Crippen LogP contribution is 2.60. The van der Waals surface area contributed by atoms with Crippen molar-refractivity contribution in [2.24, 2.45) is 11.8 Å². The lowest BCUT2D eigenvalue weighted by Gasteiger charge is -2.05. The number of halogens is 1. The third-order valence-corrected chi connectivity index (χ3v) is 3.62. The molecule has 3 atom stereocenters. The molecule has 1 unspecified atom stereocenters. The zero-order valence-corrected chi connectivity index (χ0v) is 7.48. The first-order valence-electron chi connectivity index (χ1n) is 4.57. The lowest BCUT2D eigenvalue weighted by Crippen LogP contribution is -2.13. The summed E-state index contributed by atoms with van der Waals surface area (Å²) in [4.78, 5) is 0. The summed E-state index contributed by atoms with van der Waals surface area (Å²) in [6, 6.07) is 0. The van der Waals surface area contributed by atoms with E-state index in [0.29, 0.717) is 17.7 Å². The lowest BCUT2D eigenvalue weighted by molar-refractivity contribution is 0.115. The molecule has 2 fully saturated rings. The molecule has 0 aromatic heterocycles. The van der Waals surface area contributed by atoms with Crippen LogP contribution < -0.4 is 0 Å². The summed E-state index contributed by atoms with van der Waals surface area (Å²) >= 11 is 5.63. The Bertz CT molecular complexity index is 146. The summed E-state index contributed by atoms with van der Waals surface area (Å²) in [7, 11) is 0. The van der Waals surface area contributed by atoms with E-state index in [2.05, 4.69) is 0 Å². The van der Waals surface area contributed by atoms with E-state index in [1.165, 1.54) is 25.7 Å². The van der Waals surface area contributed by atoms with Crippen molar-refractivity contribution in [2.45, 2.75) is 37.7 Å². The average Bonchev–Trinajstić information content (AvgIpc) is 2.60. The molecule has 11 heavy (non-hydrogen) atoms. The second kappa shape index (κ2) is 2.63. The quantitative estimate of drug-likeness (QED) is 0.637. The van der Waals surface area contributed by atoms with Crippen LogP contribution in [0.3, 0.4) is 0 Å². The van der Waals surface area contributed by atoms with Gasteiger partial charge in [0.15, 0.2) is 0 Å². The van der Waals surface area contributed by atoms with Crippen molar-refractivity contribution in [1.82, 2.24) is 0 Å². The molecule has 64 valence electrons. The summed E-state index contributed by atoms with van der Waals surface area (Å²) in [5, 5.41) is 10.0. The van der Waals surface area contributed by atoms with Gasteiger partial charge in [-0.05, 0) is 31.1 Å². The van der Waals surface area contributed by atoms with Crippen LogP contribution >= 0.6 is 11.6 Å². The predicted octanol–water partition coefficient (Wildman–Crippen LogP) is 2.17. The molecular formula is C9H15ClO. The lowest BCUT2D eigenvalue weighted by atomic mass is 10.0. The summed E-state index contributed by atoms with van der Waals surface area (Å²) in [5.74, 6) is 1.83. The Morgan fingerprint density at radius 1 is 1.27 bits per heavy atom. The van der Waals surface area contributed by atoms with Gasteiger partial charge < -0.3 is 5.11 Å². The summed E-state index contributed by atoms with van der Waals surface area (Å²) < 4.78 is 0. The number of aliphatic hydroxyl groups is 1. The predicted molar refractivity (Wildman–Crippen MR) is 45.7 cm³/mol. The monoisotopic (exact) mass is 174 g/mol. The van der Waals surface area contributed by atoms with Gasteiger partial charge in [-0.1, -0.05) is 12.8 Å². The Balaban J connectivity index is 1.97. The first-order valence-corrected chi connectivity index (χ1v) is 5.11. The molecule has 0 bridgehead atoms. The second-order valence-electron chi connectivity index (χ2n) is 3.93. The smallest absolute Gasteiger partial charge is 0.0722 e. The minimum atomic E-state index is -0.335. The molecular weight excluding hydrogens is 160 g/mol. The van der Waals surface area contributed by atoms with E-state index in [-0.39, 0.29) is 5.60 Å². The van der Waals surface area contributed by atoms with Gasteiger partial charge in [-0.25, -0.2) is 0 Å². The fourth-order valence-corrected chi connectivity index (χ4v) is 3.04. The van der Waals surface area contributed by atoms with Crippen LogP contribution in [0.25, 0.3) is 0 Å². The van der Waals surface area contributed by atoms with Gasteiger partial charge in [-0.2, -0.15) is 0 Å². The number of hydrogen-bond donors (Lipinski definition) is 1. The highest BCUT2D eigenvalue weighted by molar-refractivity contribution is 6.17. The molecule has 0 amide bonds. The van der Waals surface area contributed by atoms with Gasteiger partial charge >= 0.3 is 0 Å². The van der Waals surface area contributed by atoms with Gasteiger partial charge in [0, 0.05) is 5.88 Å². The van der Waals surface area contributed by atoms with E-state index in [9.17, 15) is 5.11 Å². The van der Waals surface area contributed by atoms with E-state index in [1.807, 2.05) is 0 Å². The number of fused-ring (bicyclic) bond motifs is 1. The van der Waals surface area contributed by atoms with E-state index >= 15 is 0 Å². The molecule has 1 nitrogen and oxygen atoms in total. The molecule has 0 heterocycles. The SMILES string of the molecule is OC1(CCCl)[C@@H]2CCCC[C@@H]21. The van der Waals surface area contributed by atoms with Crippen LogP contribution in [-0.2, 0) is 0 Å². The summed E-state index contributed by atoms with van der Waals surface area (Å²) in [6.07, 6.45) is 5.90. The molecule has 2 aliphatic carbocycles. The topological polar surface area (TPSA) is 20.2 Å². The molecule has 0 aromatic carbocycles. The third kappa shape index (κ3) is 1.09. The van der Waals surface area contributed by atoms with Gasteiger partial charge in [0.05, 0.1) is 5.60 Å². The second-order valence-corrected chi connectivity index (χ2v) is 4.31. The molecule has 0 aliphatic heterocycles. The normalized spacial score (nSPS) is 48.5. The fraction of sp³-hybridized carbons (Fsp3) is 1.00. The van der Waals surface area contributed by atoms with Crippen molar-refractivity contribution in [1.29, 1.82) is 0 Å². The molecule has 2 aliphatic rings. The molecule has 2 heteroatoms. The standard InChI is InChI=1S/C9H15ClO/c10-6-5-9(11)7-3-1-2-4-8(7)9/h7-8,11H,1-6H2/t7-,8+,9?. The third-order valence-electron chi connectivity index (χ3n) is 3.44. The molecule has 0 radical (unpaired) electrons. The minimum absolute atomic E-state index is 0.335. The minimum Gasteiger partial charge on any atom is -0.389 e. The van der Waals surface area contributed by atoms with Crippen LogP contribution in [0.5, 0.6) is 0 Å². The van der Waals surface area contributed by atoms with Crippen molar-refractivity contribution in [2.75, 3.05) is 5.88 Å². The Hall–Kier alpha value is 0.250. The zero-order chi connectivity index (χ0) is 7.90. The number of hydrogen-bond acceptors (Lipinski definition) is 1. The Labute approximate surface area is 72.7 Å². The molecule has 0 aromatic rings. The van der Waals surface area contributed by atoms with Crippen molar-refractivity contribution in [3.63, 3.8) is 0 Å². The van der Waals surface area contributed by atoms with Crippen molar-refractivity contribution >= 4 is 11.6 Å². The molecule has 0 spiro atoms. The maximum atomic E-state index is 10.0.